The Balaban J connectivity index is 2.27. The fourth-order valence-electron chi connectivity index (χ4n) is 1.19. The summed E-state index contributed by atoms with van der Waals surface area (Å²) in [5.74, 6) is 0.632. The van der Waals surface area contributed by atoms with Crippen LogP contribution in [0.15, 0.2) is 29.0 Å². The second kappa shape index (κ2) is 4.38. The molecule has 2 rings (SSSR count). The number of nitrogens with zero attached hydrogens (tertiary/aromatic N) is 3. The normalized spacial score (nSPS) is 14.7. The molecule has 2 unspecified atom stereocenters. The van der Waals surface area contributed by atoms with Crippen LogP contribution in [-0.4, -0.2) is 26.3 Å². The van der Waals surface area contributed by atoms with E-state index in [4.69, 9.17) is 10.3 Å². The topological polar surface area (TPSA) is 98.1 Å². The van der Waals surface area contributed by atoms with Crippen molar-refractivity contribution in [1.82, 2.24) is 15.1 Å². The maximum Gasteiger partial charge on any atom is 0.246 e. The first-order valence-corrected chi connectivity index (χ1v) is 4.86. The van der Waals surface area contributed by atoms with Crippen molar-refractivity contribution in [3.63, 3.8) is 0 Å². The number of hydrogen-bond acceptors (Lipinski definition) is 6. The van der Waals surface area contributed by atoms with Crippen molar-refractivity contribution in [3.05, 3.63) is 30.4 Å². The maximum absolute atomic E-state index is 9.29. The first-order valence-electron chi connectivity index (χ1n) is 4.86. The van der Waals surface area contributed by atoms with E-state index >= 15 is 0 Å². The van der Waals surface area contributed by atoms with Crippen LogP contribution in [0, 0.1) is 0 Å². The van der Waals surface area contributed by atoms with Crippen LogP contribution in [0.4, 0.5) is 0 Å². The quantitative estimate of drug-likeness (QED) is 0.782. The lowest BCUT2D eigenvalue weighted by Gasteiger charge is -2.08. The molecule has 0 amide bonds. The molecule has 84 valence electrons. The van der Waals surface area contributed by atoms with Gasteiger partial charge >= 0.3 is 0 Å². The summed E-state index contributed by atoms with van der Waals surface area (Å²) in [6.45, 7) is 1.57. The van der Waals surface area contributed by atoms with Crippen LogP contribution in [-0.2, 0) is 0 Å². The Hall–Kier alpha value is -1.79. The summed E-state index contributed by atoms with van der Waals surface area (Å²) in [4.78, 5) is 8.05. The first-order chi connectivity index (χ1) is 7.68. The molecular weight excluding hydrogens is 208 g/mol. The second-order valence-corrected chi connectivity index (χ2v) is 3.46. The van der Waals surface area contributed by atoms with Crippen LogP contribution in [0.5, 0.6) is 0 Å². The minimum Gasteiger partial charge on any atom is -0.391 e. The van der Waals surface area contributed by atoms with Crippen LogP contribution in [0.25, 0.3) is 11.4 Å². The number of nitrogens with two attached hydrogens (primary N) is 1. The summed E-state index contributed by atoms with van der Waals surface area (Å²) in [6.07, 6.45) is 2.55. The first kappa shape index (κ1) is 10.7. The molecule has 0 aliphatic carbocycles. The zero-order chi connectivity index (χ0) is 11.5. The molecule has 0 saturated heterocycles. The zero-order valence-electron chi connectivity index (χ0n) is 8.74. The summed E-state index contributed by atoms with van der Waals surface area (Å²) in [7, 11) is 0. The predicted octanol–water partition coefficient (Wildman–Crippen LogP) is 0.512. The van der Waals surface area contributed by atoms with Crippen molar-refractivity contribution < 1.29 is 9.63 Å². The molecule has 0 spiro atoms. The molecule has 2 heterocycles. The Morgan fingerprint density at radius 2 is 2.31 bits per heavy atom. The number of rotatable bonds is 3. The Bertz CT molecular complexity index is 455. The standard InChI is InChI=1S/C10H12N4O2/c1-6(15)8(11)10-13-9(14-16-10)7-3-2-4-12-5-7/h2-6,8,15H,11H2,1H3. The van der Waals surface area contributed by atoms with Gasteiger partial charge in [0.25, 0.3) is 0 Å². The lowest BCUT2D eigenvalue weighted by Crippen LogP contribution is -2.23. The van der Waals surface area contributed by atoms with E-state index in [1.54, 1.807) is 25.4 Å². The van der Waals surface area contributed by atoms with Gasteiger partial charge in [-0.15, -0.1) is 0 Å². The molecule has 0 aromatic carbocycles. The monoisotopic (exact) mass is 220 g/mol. The SMILES string of the molecule is CC(O)C(N)c1nc(-c2cccnc2)no1. The van der Waals surface area contributed by atoms with Gasteiger partial charge in [0.2, 0.25) is 11.7 Å². The second-order valence-electron chi connectivity index (χ2n) is 3.46. The summed E-state index contributed by atoms with van der Waals surface area (Å²) >= 11 is 0. The van der Waals surface area contributed by atoms with E-state index in [0.29, 0.717) is 5.82 Å². The van der Waals surface area contributed by atoms with Crippen molar-refractivity contribution in [3.8, 4) is 11.4 Å². The lowest BCUT2D eigenvalue weighted by atomic mass is 10.2. The lowest BCUT2D eigenvalue weighted by molar-refractivity contribution is 0.146. The van der Waals surface area contributed by atoms with Crippen molar-refractivity contribution in [2.24, 2.45) is 5.73 Å². The molecule has 3 N–H and O–H groups in total. The number of pyridine rings is 1. The summed E-state index contributed by atoms with van der Waals surface area (Å²) < 4.78 is 4.97. The largest absolute Gasteiger partial charge is 0.391 e. The zero-order valence-corrected chi connectivity index (χ0v) is 8.74. The number of aliphatic hydroxyl groups is 1. The van der Waals surface area contributed by atoms with Crippen molar-refractivity contribution in [2.75, 3.05) is 0 Å². The number of hydrogen-bond donors (Lipinski definition) is 2. The molecule has 0 bridgehead atoms. The summed E-state index contributed by atoms with van der Waals surface area (Å²) in [5, 5.41) is 13.1. The number of aliphatic hydroxyl groups excluding tert-OH is 1. The molecule has 0 aliphatic rings. The van der Waals surface area contributed by atoms with E-state index in [9.17, 15) is 5.11 Å². The Morgan fingerprint density at radius 1 is 1.50 bits per heavy atom. The third-order valence-electron chi connectivity index (χ3n) is 2.17. The van der Waals surface area contributed by atoms with Crippen LogP contribution in [0.3, 0.4) is 0 Å². The molecule has 0 fully saturated rings. The molecule has 2 aromatic heterocycles. The highest BCUT2D eigenvalue weighted by Crippen LogP contribution is 2.17. The van der Waals surface area contributed by atoms with E-state index in [0.717, 1.165) is 5.56 Å². The molecule has 0 saturated carbocycles. The molecule has 0 aliphatic heterocycles. The van der Waals surface area contributed by atoms with Crippen LogP contribution < -0.4 is 5.73 Å². The smallest absolute Gasteiger partial charge is 0.246 e. The van der Waals surface area contributed by atoms with Gasteiger partial charge in [-0.05, 0) is 19.1 Å². The van der Waals surface area contributed by atoms with E-state index in [2.05, 4.69) is 15.1 Å². The fraction of sp³-hybridized carbons (Fsp3) is 0.300. The molecule has 2 aromatic rings. The summed E-state index contributed by atoms with van der Waals surface area (Å²) in [6, 6.07) is 2.92. The Kier molecular flexibility index (Phi) is 2.93. The average Bonchev–Trinajstić information content (AvgIpc) is 2.78. The van der Waals surface area contributed by atoms with Gasteiger partial charge in [0.05, 0.1) is 6.10 Å². The number of aromatic nitrogens is 3. The predicted molar refractivity (Wildman–Crippen MR) is 56.1 cm³/mol. The molecule has 0 radical (unpaired) electrons. The molecular formula is C10H12N4O2. The van der Waals surface area contributed by atoms with Gasteiger partial charge in [-0.25, -0.2) is 0 Å². The van der Waals surface area contributed by atoms with Crippen molar-refractivity contribution in [2.45, 2.75) is 19.1 Å². The molecule has 16 heavy (non-hydrogen) atoms. The minimum atomic E-state index is -0.734. The Labute approximate surface area is 92.1 Å². The molecule has 6 heteroatoms. The van der Waals surface area contributed by atoms with E-state index in [1.165, 1.54) is 0 Å². The minimum absolute atomic E-state index is 0.217. The van der Waals surface area contributed by atoms with Gasteiger partial charge in [0.1, 0.15) is 6.04 Å². The van der Waals surface area contributed by atoms with Crippen LogP contribution in [0.2, 0.25) is 0 Å². The van der Waals surface area contributed by atoms with E-state index < -0.39 is 12.1 Å². The fourth-order valence-corrected chi connectivity index (χ4v) is 1.19. The van der Waals surface area contributed by atoms with Crippen LogP contribution >= 0.6 is 0 Å². The van der Waals surface area contributed by atoms with Gasteiger partial charge in [0, 0.05) is 18.0 Å². The van der Waals surface area contributed by atoms with Gasteiger partial charge in [0.15, 0.2) is 0 Å². The highest BCUT2D eigenvalue weighted by atomic mass is 16.5. The van der Waals surface area contributed by atoms with Crippen molar-refractivity contribution >= 4 is 0 Å². The summed E-state index contributed by atoms with van der Waals surface area (Å²) in [5.41, 5.74) is 6.41. The third kappa shape index (κ3) is 2.07. The third-order valence-corrected chi connectivity index (χ3v) is 2.17. The van der Waals surface area contributed by atoms with Gasteiger partial charge < -0.3 is 15.4 Å². The van der Waals surface area contributed by atoms with Crippen molar-refractivity contribution in [1.29, 1.82) is 0 Å². The Morgan fingerprint density at radius 3 is 2.94 bits per heavy atom. The maximum atomic E-state index is 9.29. The highest BCUT2D eigenvalue weighted by Gasteiger charge is 2.19. The van der Waals surface area contributed by atoms with Crippen LogP contribution in [0.1, 0.15) is 18.9 Å². The van der Waals surface area contributed by atoms with Gasteiger partial charge in [-0.3, -0.25) is 4.98 Å². The van der Waals surface area contributed by atoms with Gasteiger partial charge in [-0.1, -0.05) is 5.16 Å². The van der Waals surface area contributed by atoms with Gasteiger partial charge in [-0.2, -0.15) is 4.98 Å². The van der Waals surface area contributed by atoms with E-state index in [-0.39, 0.29) is 5.89 Å². The van der Waals surface area contributed by atoms with E-state index in [1.807, 2.05) is 6.07 Å². The highest BCUT2D eigenvalue weighted by molar-refractivity contribution is 5.51. The molecule has 2 atom stereocenters. The average molecular weight is 220 g/mol. The molecule has 6 nitrogen and oxygen atoms in total.